The van der Waals surface area contributed by atoms with E-state index in [1.165, 1.54) is 11.8 Å². The van der Waals surface area contributed by atoms with Gasteiger partial charge in [-0.2, -0.15) is 0 Å². The lowest BCUT2D eigenvalue weighted by Crippen LogP contribution is -2.38. The van der Waals surface area contributed by atoms with Crippen LogP contribution in [0.1, 0.15) is 19.8 Å². The number of ether oxygens (including phenoxy) is 1. The molecule has 0 unspecified atom stereocenters. The molecule has 7 nitrogen and oxygen atoms in total. The summed E-state index contributed by atoms with van der Waals surface area (Å²) < 4.78 is 4.84. The van der Waals surface area contributed by atoms with Gasteiger partial charge in [0.1, 0.15) is 5.78 Å². The molecule has 0 atom stereocenters. The molecule has 0 aromatic rings. The van der Waals surface area contributed by atoms with Crippen LogP contribution in [0.25, 0.3) is 0 Å². The molecule has 0 heterocycles. The second-order valence-corrected chi connectivity index (χ2v) is 4.98. The van der Waals surface area contributed by atoms with Gasteiger partial charge in [-0.15, -0.1) is 0 Å². The zero-order valence-electron chi connectivity index (χ0n) is 14.0. The molecule has 0 aliphatic carbocycles. The first-order chi connectivity index (χ1) is 11.3. The first-order valence-corrected chi connectivity index (χ1v) is 7.47. The molecule has 0 bridgehead atoms. The Morgan fingerprint density at radius 2 is 1.75 bits per heavy atom. The van der Waals surface area contributed by atoms with Crippen molar-refractivity contribution in [1.29, 1.82) is 0 Å². The molecular formula is C17H24N2O5. The van der Waals surface area contributed by atoms with Gasteiger partial charge in [0.2, 0.25) is 11.8 Å². The number of nitrogens with zero attached hydrogens (tertiary/aromatic N) is 1. The molecular weight excluding hydrogens is 312 g/mol. The summed E-state index contributed by atoms with van der Waals surface area (Å²) in [6, 6.07) is 0. The maximum atomic E-state index is 11.8. The predicted molar refractivity (Wildman–Crippen MR) is 90.0 cm³/mol. The molecule has 0 aliphatic rings. The van der Waals surface area contributed by atoms with Crippen LogP contribution < -0.4 is 5.32 Å². The molecule has 0 fully saturated rings. The number of amides is 2. The van der Waals surface area contributed by atoms with Gasteiger partial charge in [-0.05, 0) is 19.1 Å². The van der Waals surface area contributed by atoms with Crippen LogP contribution in [0.15, 0.2) is 37.5 Å². The number of esters is 1. The van der Waals surface area contributed by atoms with E-state index in [9.17, 15) is 19.2 Å². The van der Waals surface area contributed by atoms with Crippen LogP contribution in [0, 0.1) is 0 Å². The number of ketones is 1. The fourth-order valence-corrected chi connectivity index (χ4v) is 1.61. The quantitative estimate of drug-likeness (QED) is 0.420. The normalized spacial score (nSPS) is 9.54. The molecule has 0 saturated heterocycles. The van der Waals surface area contributed by atoms with Crippen LogP contribution >= 0.6 is 0 Å². The fourth-order valence-electron chi connectivity index (χ4n) is 1.61. The molecule has 132 valence electrons. The van der Waals surface area contributed by atoms with Crippen LogP contribution in [-0.4, -0.2) is 54.7 Å². The number of hydrogen-bond donors (Lipinski definition) is 1. The number of rotatable bonds is 12. The summed E-state index contributed by atoms with van der Waals surface area (Å²) in [5.41, 5.74) is 0.270. The minimum Gasteiger partial charge on any atom is -0.462 e. The number of hydrogen-bond acceptors (Lipinski definition) is 5. The van der Waals surface area contributed by atoms with Crippen molar-refractivity contribution in [2.24, 2.45) is 0 Å². The summed E-state index contributed by atoms with van der Waals surface area (Å²) in [7, 11) is 0. The Balaban J connectivity index is 4.22. The third kappa shape index (κ3) is 9.34. The molecule has 0 spiro atoms. The standard InChI is InChI=1S/C17H24N2O5/c1-5-15(21)18-9-11-19(16(22)6-2)10-7-14(20)8-12-24-17(23)13(3)4/h5-6H,1-3,7-12H2,4H3,(H,18,21). The van der Waals surface area contributed by atoms with Crippen molar-refractivity contribution < 1.29 is 23.9 Å². The molecule has 2 amide bonds. The summed E-state index contributed by atoms with van der Waals surface area (Å²) in [4.78, 5) is 47.2. The van der Waals surface area contributed by atoms with Gasteiger partial charge >= 0.3 is 5.97 Å². The SMILES string of the molecule is C=CC(=O)NCCN(CCC(=O)CCOC(=O)C(=C)C)C(=O)C=C. The number of Topliss-reactive ketones (excluding diaryl/α,β-unsaturated/α-hetero) is 1. The Morgan fingerprint density at radius 1 is 1.08 bits per heavy atom. The summed E-state index contributed by atoms with van der Waals surface area (Å²) in [6.45, 7) is 12.4. The minimum atomic E-state index is -0.538. The average molecular weight is 336 g/mol. The van der Waals surface area contributed by atoms with Crippen LogP contribution in [0.4, 0.5) is 0 Å². The van der Waals surface area contributed by atoms with Gasteiger partial charge < -0.3 is 15.0 Å². The van der Waals surface area contributed by atoms with E-state index in [-0.39, 0.29) is 62.3 Å². The van der Waals surface area contributed by atoms with E-state index in [0.717, 1.165) is 12.2 Å². The molecule has 0 rings (SSSR count). The average Bonchev–Trinajstić information content (AvgIpc) is 2.56. The van der Waals surface area contributed by atoms with Crippen molar-refractivity contribution in [3.05, 3.63) is 37.5 Å². The van der Waals surface area contributed by atoms with E-state index in [0.29, 0.717) is 0 Å². The van der Waals surface area contributed by atoms with E-state index in [1.807, 2.05) is 0 Å². The van der Waals surface area contributed by atoms with E-state index < -0.39 is 5.97 Å². The second-order valence-electron chi connectivity index (χ2n) is 4.98. The molecule has 1 N–H and O–H groups in total. The van der Waals surface area contributed by atoms with Gasteiger partial charge in [-0.3, -0.25) is 14.4 Å². The largest absolute Gasteiger partial charge is 0.462 e. The highest BCUT2D eigenvalue weighted by Gasteiger charge is 2.13. The highest BCUT2D eigenvalue weighted by molar-refractivity contribution is 5.89. The zero-order chi connectivity index (χ0) is 18.5. The number of carbonyl (C=O) groups is 4. The third-order valence-corrected chi connectivity index (χ3v) is 2.98. The van der Waals surface area contributed by atoms with Crippen molar-refractivity contribution in [3.63, 3.8) is 0 Å². The van der Waals surface area contributed by atoms with Crippen LogP contribution in [-0.2, 0) is 23.9 Å². The third-order valence-electron chi connectivity index (χ3n) is 2.98. The Kier molecular flexibility index (Phi) is 10.5. The van der Waals surface area contributed by atoms with E-state index in [1.54, 1.807) is 0 Å². The Labute approximate surface area is 142 Å². The number of carbonyl (C=O) groups excluding carboxylic acids is 4. The highest BCUT2D eigenvalue weighted by atomic mass is 16.5. The predicted octanol–water partition coefficient (Wildman–Crippen LogP) is 0.772. The molecule has 0 radical (unpaired) electrons. The monoisotopic (exact) mass is 336 g/mol. The Bertz CT molecular complexity index is 525. The first-order valence-electron chi connectivity index (χ1n) is 7.47. The van der Waals surface area contributed by atoms with E-state index in [2.05, 4.69) is 25.1 Å². The Hall–Kier alpha value is -2.70. The molecule has 0 aromatic carbocycles. The first kappa shape index (κ1) is 21.3. The highest BCUT2D eigenvalue weighted by Crippen LogP contribution is 1.99. The van der Waals surface area contributed by atoms with E-state index in [4.69, 9.17) is 4.74 Å². The number of nitrogens with one attached hydrogen (secondary N) is 1. The molecule has 0 saturated carbocycles. The molecule has 7 heteroatoms. The van der Waals surface area contributed by atoms with Crippen molar-refractivity contribution >= 4 is 23.6 Å². The lowest BCUT2D eigenvalue weighted by atomic mass is 10.2. The van der Waals surface area contributed by atoms with Gasteiger partial charge in [0.15, 0.2) is 0 Å². The summed E-state index contributed by atoms with van der Waals surface area (Å²) >= 11 is 0. The van der Waals surface area contributed by atoms with Crippen LogP contribution in [0.5, 0.6) is 0 Å². The molecule has 0 aliphatic heterocycles. The van der Waals surface area contributed by atoms with Gasteiger partial charge in [-0.1, -0.05) is 19.7 Å². The summed E-state index contributed by atoms with van der Waals surface area (Å²) in [5, 5.41) is 2.55. The summed E-state index contributed by atoms with van der Waals surface area (Å²) in [6.07, 6.45) is 2.48. The molecule has 0 aromatic heterocycles. The fraction of sp³-hybridized carbons (Fsp3) is 0.412. The maximum absolute atomic E-state index is 11.8. The smallest absolute Gasteiger partial charge is 0.333 e. The Morgan fingerprint density at radius 3 is 2.29 bits per heavy atom. The van der Waals surface area contributed by atoms with Gasteiger partial charge in [0.25, 0.3) is 0 Å². The lowest BCUT2D eigenvalue weighted by Gasteiger charge is -2.21. The minimum absolute atomic E-state index is 0.0185. The van der Waals surface area contributed by atoms with Crippen molar-refractivity contribution in [3.8, 4) is 0 Å². The van der Waals surface area contributed by atoms with Gasteiger partial charge in [-0.25, -0.2) is 4.79 Å². The van der Waals surface area contributed by atoms with Crippen molar-refractivity contribution in [2.75, 3.05) is 26.2 Å². The van der Waals surface area contributed by atoms with Crippen molar-refractivity contribution in [1.82, 2.24) is 10.2 Å². The lowest BCUT2D eigenvalue weighted by molar-refractivity contribution is -0.139. The van der Waals surface area contributed by atoms with Crippen molar-refractivity contribution in [2.45, 2.75) is 19.8 Å². The topological polar surface area (TPSA) is 92.8 Å². The zero-order valence-corrected chi connectivity index (χ0v) is 14.0. The van der Waals surface area contributed by atoms with Gasteiger partial charge in [0, 0.05) is 38.0 Å². The summed E-state index contributed by atoms with van der Waals surface area (Å²) in [5.74, 6) is -1.34. The maximum Gasteiger partial charge on any atom is 0.333 e. The van der Waals surface area contributed by atoms with Crippen LogP contribution in [0.3, 0.4) is 0 Å². The second kappa shape index (κ2) is 11.8. The van der Waals surface area contributed by atoms with Crippen LogP contribution in [0.2, 0.25) is 0 Å². The van der Waals surface area contributed by atoms with Gasteiger partial charge in [0.05, 0.1) is 6.61 Å². The molecule has 24 heavy (non-hydrogen) atoms. The van der Waals surface area contributed by atoms with E-state index >= 15 is 0 Å².